The second-order valence-electron chi connectivity index (χ2n) is 6.93. The molecule has 0 bridgehead atoms. The summed E-state index contributed by atoms with van der Waals surface area (Å²) in [5, 5.41) is 6.71. The molecule has 0 amide bonds. The van der Waals surface area contributed by atoms with E-state index in [9.17, 15) is 8.78 Å². The summed E-state index contributed by atoms with van der Waals surface area (Å²) in [5.74, 6) is -0.408. The quantitative estimate of drug-likeness (QED) is 0.624. The number of aliphatic imine (C=N–C) groups is 1. The van der Waals surface area contributed by atoms with Gasteiger partial charge >= 0.3 is 0 Å². The van der Waals surface area contributed by atoms with Gasteiger partial charge in [-0.05, 0) is 42.5 Å². The van der Waals surface area contributed by atoms with Crippen LogP contribution in [0.25, 0.3) is 0 Å². The Morgan fingerprint density at radius 2 is 1.96 bits per heavy atom. The van der Waals surface area contributed by atoms with Gasteiger partial charge in [-0.15, -0.1) is 0 Å². The van der Waals surface area contributed by atoms with Crippen LogP contribution in [-0.2, 0) is 6.54 Å². The monoisotopic (exact) mass is 372 g/mol. The Morgan fingerprint density at radius 3 is 2.70 bits per heavy atom. The summed E-state index contributed by atoms with van der Waals surface area (Å²) in [6.45, 7) is 5.25. The van der Waals surface area contributed by atoms with E-state index in [0.29, 0.717) is 5.92 Å². The molecular weight excluding hydrogens is 346 g/mol. The van der Waals surface area contributed by atoms with E-state index < -0.39 is 11.6 Å². The largest absolute Gasteiger partial charge is 0.371 e. The lowest BCUT2D eigenvalue weighted by Crippen LogP contribution is -2.40. The van der Waals surface area contributed by atoms with Gasteiger partial charge in [0.15, 0.2) is 17.6 Å². The SMILES string of the molecule is CN=C(NCc1ccccc1C)NCC1CCN(c2ccc(F)c(F)c2)C1. The third-order valence-electron chi connectivity index (χ3n) is 5.04. The maximum absolute atomic E-state index is 13.4. The van der Waals surface area contributed by atoms with Gasteiger partial charge in [0.2, 0.25) is 0 Å². The maximum Gasteiger partial charge on any atom is 0.191 e. The fourth-order valence-corrected chi connectivity index (χ4v) is 3.36. The normalized spacial score (nSPS) is 17.3. The van der Waals surface area contributed by atoms with E-state index in [4.69, 9.17) is 0 Å². The Labute approximate surface area is 159 Å². The van der Waals surface area contributed by atoms with Gasteiger partial charge in [0.1, 0.15) is 0 Å². The van der Waals surface area contributed by atoms with Crippen LogP contribution in [0.5, 0.6) is 0 Å². The Balaban J connectivity index is 1.48. The van der Waals surface area contributed by atoms with Gasteiger partial charge in [-0.1, -0.05) is 24.3 Å². The van der Waals surface area contributed by atoms with E-state index in [0.717, 1.165) is 44.2 Å². The lowest BCUT2D eigenvalue weighted by Gasteiger charge is -2.20. The molecule has 3 rings (SSSR count). The summed E-state index contributed by atoms with van der Waals surface area (Å²) in [7, 11) is 1.76. The van der Waals surface area contributed by atoms with Crippen LogP contribution in [0.15, 0.2) is 47.5 Å². The number of nitrogens with zero attached hydrogens (tertiary/aromatic N) is 2. The molecule has 1 heterocycles. The standard InChI is InChI=1S/C21H26F2N4/c1-15-5-3-4-6-17(15)13-26-21(24-2)25-12-16-9-10-27(14-16)18-7-8-19(22)20(23)11-18/h3-8,11,16H,9-10,12-14H2,1-2H3,(H2,24,25,26). The molecule has 0 aromatic heterocycles. The van der Waals surface area contributed by atoms with E-state index >= 15 is 0 Å². The highest BCUT2D eigenvalue weighted by Gasteiger charge is 2.23. The third-order valence-corrected chi connectivity index (χ3v) is 5.04. The molecule has 0 radical (unpaired) electrons. The second-order valence-corrected chi connectivity index (χ2v) is 6.93. The number of hydrogen-bond donors (Lipinski definition) is 2. The van der Waals surface area contributed by atoms with Crippen molar-refractivity contribution >= 4 is 11.6 Å². The highest BCUT2D eigenvalue weighted by molar-refractivity contribution is 5.79. The lowest BCUT2D eigenvalue weighted by molar-refractivity contribution is 0.508. The van der Waals surface area contributed by atoms with Gasteiger partial charge in [-0.25, -0.2) is 8.78 Å². The smallest absolute Gasteiger partial charge is 0.191 e. The van der Waals surface area contributed by atoms with Crippen molar-refractivity contribution in [3.63, 3.8) is 0 Å². The zero-order valence-electron chi connectivity index (χ0n) is 15.8. The molecule has 6 heteroatoms. The van der Waals surface area contributed by atoms with Crippen LogP contribution in [-0.4, -0.2) is 32.6 Å². The summed E-state index contributed by atoms with van der Waals surface area (Å²) in [4.78, 5) is 6.38. The molecule has 4 nitrogen and oxygen atoms in total. The first kappa shape index (κ1) is 19.1. The van der Waals surface area contributed by atoms with Crippen molar-refractivity contribution in [2.75, 3.05) is 31.6 Å². The van der Waals surface area contributed by atoms with E-state index in [2.05, 4.69) is 39.6 Å². The van der Waals surface area contributed by atoms with Crippen molar-refractivity contribution < 1.29 is 8.78 Å². The van der Waals surface area contributed by atoms with E-state index in [1.54, 1.807) is 13.1 Å². The first-order valence-corrected chi connectivity index (χ1v) is 9.26. The molecule has 0 saturated carbocycles. The lowest BCUT2D eigenvalue weighted by atomic mass is 10.1. The molecule has 2 aromatic rings. The fraction of sp³-hybridized carbons (Fsp3) is 0.381. The van der Waals surface area contributed by atoms with E-state index in [1.165, 1.54) is 23.3 Å². The predicted octanol–water partition coefficient (Wildman–Crippen LogP) is 3.46. The third kappa shape index (κ3) is 4.96. The highest BCUT2D eigenvalue weighted by atomic mass is 19.2. The average molecular weight is 372 g/mol. The van der Waals surface area contributed by atoms with Crippen molar-refractivity contribution in [1.82, 2.24) is 10.6 Å². The minimum atomic E-state index is -0.806. The maximum atomic E-state index is 13.4. The van der Waals surface area contributed by atoms with Gasteiger partial charge in [-0.3, -0.25) is 4.99 Å². The number of benzene rings is 2. The molecule has 1 aliphatic heterocycles. The fourth-order valence-electron chi connectivity index (χ4n) is 3.36. The Hall–Kier alpha value is -2.63. The van der Waals surface area contributed by atoms with Crippen LogP contribution < -0.4 is 15.5 Å². The molecule has 0 spiro atoms. The predicted molar refractivity (Wildman–Crippen MR) is 106 cm³/mol. The number of guanidine groups is 1. The number of hydrogen-bond acceptors (Lipinski definition) is 2. The summed E-state index contributed by atoms with van der Waals surface area (Å²) in [5.41, 5.74) is 3.22. The summed E-state index contributed by atoms with van der Waals surface area (Å²) >= 11 is 0. The van der Waals surface area contributed by atoms with Crippen molar-refractivity contribution in [3.05, 3.63) is 65.2 Å². The first-order chi connectivity index (χ1) is 13.1. The average Bonchev–Trinajstić information content (AvgIpc) is 3.14. The molecule has 1 atom stereocenters. The van der Waals surface area contributed by atoms with Gasteiger partial charge in [-0.2, -0.15) is 0 Å². The number of nitrogens with one attached hydrogen (secondary N) is 2. The van der Waals surface area contributed by atoms with E-state index in [1.807, 2.05) is 12.1 Å². The van der Waals surface area contributed by atoms with Crippen molar-refractivity contribution in [1.29, 1.82) is 0 Å². The Morgan fingerprint density at radius 1 is 1.15 bits per heavy atom. The molecule has 0 aliphatic carbocycles. The van der Waals surface area contributed by atoms with Crippen molar-refractivity contribution in [2.45, 2.75) is 19.9 Å². The van der Waals surface area contributed by atoms with Crippen LogP contribution in [0.2, 0.25) is 0 Å². The minimum absolute atomic E-state index is 0.426. The molecule has 2 N–H and O–H groups in total. The summed E-state index contributed by atoms with van der Waals surface area (Å²) in [6, 6.07) is 12.4. The zero-order chi connectivity index (χ0) is 19.2. The van der Waals surface area contributed by atoms with Gasteiger partial charge in [0.25, 0.3) is 0 Å². The van der Waals surface area contributed by atoms with Crippen LogP contribution >= 0.6 is 0 Å². The van der Waals surface area contributed by atoms with Crippen LogP contribution in [0.3, 0.4) is 0 Å². The number of halogens is 2. The minimum Gasteiger partial charge on any atom is -0.371 e. The summed E-state index contributed by atoms with van der Waals surface area (Å²) in [6.07, 6.45) is 1.00. The molecule has 1 fully saturated rings. The topological polar surface area (TPSA) is 39.7 Å². The van der Waals surface area contributed by atoms with Crippen LogP contribution in [0.1, 0.15) is 17.5 Å². The molecule has 2 aromatic carbocycles. The Kier molecular flexibility index (Phi) is 6.27. The van der Waals surface area contributed by atoms with Gasteiger partial charge in [0.05, 0.1) is 0 Å². The van der Waals surface area contributed by atoms with Gasteiger partial charge < -0.3 is 15.5 Å². The molecule has 144 valence electrons. The summed E-state index contributed by atoms with van der Waals surface area (Å²) < 4.78 is 26.6. The number of aryl methyl sites for hydroxylation is 1. The first-order valence-electron chi connectivity index (χ1n) is 9.26. The van der Waals surface area contributed by atoms with Crippen LogP contribution in [0.4, 0.5) is 14.5 Å². The highest BCUT2D eigenvalue weighted by Crippen LogP contribution is 2.25. The Bertz CT molecular complexity index is 807. The molecule has 1 unspecified atom stereocenters. The van der Waals surface area contributed by atoms with Crippen molar-refractivity contribution in [2.24, 2.45) is 10.9 Å². The number of anilines is 1. The second kappa shape index (κ2) is 8.84. The van der Waals surface area contributed by atoms with Gasteiger partial charge in [0, 0.05) is 45.0 Å². The molecule has 27 heavy (non-hydrogen) atoms. The number of rotatable bonds is 5. The molecule has 1 aliphatic rings. The molecular formula is C21H26F2N4. The van der Waals surface area contributed by atoms with Crippen LogP contribution in [0, 0.1) is 24.5 Å². The molecule has 1 saturated heterocycles. The van der Waals surface area contributed by atoms with Crippen molar-refractivity contribution in [3.8, 4) is 0 Å². The van der Waals surface area contributed by atoms with E-state index in [-0.39, 0.29) is 0 Å². The zero-order valence-corrected chi connectivity index (χ0v) is 15.8.